The first kappa shape index (κ1) is 75.6. The molecule has 2 N–H and O–H groups in total. The average molecular weight is 1240 g/mol. The molecule has 0 aromatic heterocycles. The van der Waals surface area contributed by atoms with Gasteiger partial charge in [0.1, 0.15) is 17.0 Å². The van der Waals surface area contributed by atoms with E-state index in [2.05, 4.69) is 95.4 Å². The molecule has 4 aliphatic heterocycles. The summed E-state index contributed by atoms with van der Waals surface area (Å²) in [5, 5.41) is 0.706. The summed E-state index contributed by atoms with van der Waals surface area (Å²) in [4.78, 5) is 49.0. The molecule has 0 bridgehead atoms. The number of halogens is 1. The van der Waals surface area contributed by atoms with Crippen LogP contribution in [0.25, 0.3) is 4.85 Å². The first-order valence-corrected chi connectivity index (χ1v) is 34.9. The van der Waals surface area contributed by atoms with E-state index < -0.39 is 38.7 Å². The Hall–Kier alpha value is -1.39. The van der Waals surface area contributed by atoms with Gasteiger partial charge in [0.25, 0.3) is 0 Å². The fourth-order valence-corrected chi connectivity index (χ4v) is 11.1. The van der Waals surface area contributed by atoms with Crippen LogP contribution in [0.2, 0.25) is 36.3 Å². The van der Waals surface area contributed by atoms with Gasteiger partial charge in [0.05, 0.1) is 79.2 Å². The number of ketones is 2. The Morgan fingerprint density at radius 3 is 1.38 bits per heavy atom. The Bertz CT molecular complexity index is 1930. The summed E-state index contributed by atoms with van der Waals surface area (Å²) in [6.45, 7) is 50.1. The quantitative estimate of drug-likeness (QED) is 0.0288. The zero-order chi connectivity index (χ0) is 57.6. The molecule has 0 radical (unpaired) electrons. The van der Waals surface area contributed by atoms with Crippen molar-refractivity contribution < 1.29 is 77.4 Å². The van der Waals surface area contributed by atoms with Gasteiger partial charge >= 0.3 is 11.9 Å². The van der Waals surface area contributed by atoms with Crippen LogP contribution in [0.3, 0.4) is 0 Å². The van der Waals surface area contributed by atoms with E-state index in [0.717, 1.165) is 77.0 Å². The molecule has 4 rings (SSSR count). The van der Waals surface area contributed by atoms with Crippen molar-refractivity contribution in [2.45, 2.75) is 285 Å². The number of Topliss-reactive ketones (excluding diaryl/α,β-unsaturated/α-hetero) is 1. The van der Waals surface area contributed by atoms with Gasteiger partial charge in [-0.2, -0.15) is 0 Å². The van der Waals surface area contributed by atoms with Gasteiger partial charge < -0.3 is 47.9 Å². The summed E-state index contributed by atoms with van der Waals surface area (Å²) >= 11 is 2.96. The van der Waals surface area contributed by atoms with E-state index in [9.17, 15) is 19.2 Å². The molecular formula is C59H111BrN2O12Si2Zn. The number of rotatable bonds is 21. The molecule has 0 aliphatic carbocycles. The molecule has 0 amide bonds. The summed E-state index contributed by atoms with van der Waals surface area (Å²) in [6.07, 6.45) is 11.6. The standard InChI is InChI=1S/C29H53NO6Si.C26H47NO5Si.C3H5BrO.CH4.Zn.H2/c1-20(24(30)17-21(2)31)16-22-13-14-25-29(36-22,19-34-37(9,10)28(6,7)8)18-23(35-25)12-11-15-33-26(32)27(3,4)5;1-19(27-8)16-20-13-14-22-26(32-20,18-30-33(9,10)25(5,6)7)17-21(31-22)12-11-15-29-23(28)24(2,3)4;1-3(5)2-4;;;/h17,20,22-23,25H,11-16,18-19,30H2,1-10H3;19-22H,11-18H2,1-7,9-10H3;2H2,1H3;1H4;;1H/b24-17-;;;;;/t20-,22-,23+,25+,29-;19-,20-,21+,22+,26-;;;;/m11..../s1. The molecular weight excluding hydrogens is 1130 g/mol. The number of alkyl halides is 1. The third-order valence-corrected chi connectivity index (χ3v) is 25.7. The Morgan fingerprint density at radius 2 is 1.06 bits per heavy atom. The second kappa shape index (κ2) is 31.9. The molecule has 4 aliphatic rings. The molecule has 0 aromatic carbocycles. The number of nitrogens with zero attached hydrogens (tertiary/aromatic N) is 1. The number of nitrogens with two attached hydrogens (primary N) is 1. The molecule has 0 saturated carbocycles. The number of carbonyl (C=O) groups is 4. The van der Waals surface area contributed by atoms with Crippen LogP contribution in [0.15, 0.2) is 11.8 Å². The number of fused-ring (bicyclic) bond motifs is 2. The minimum atomic E-state index is -1.99. The number of carbonyl (C=O) groups excluding carboxylic acids is 4. The SMILES string of the molecule is C.CC(=O)/C=C(\N)[C@H](C)C[C@H]1CC[C@@H]2O[C@@H](CCCOC(=O)C(C)(C)C)C[C@]2(CO[Si](C)(C)C(C)(C)C)O1.CC(=O)CBr.[C-]#[N+][C@H](C)C[C@H]1CC[C@@H]2O[C@@H](CCCOC(=O)C(C)(C)C)C[C@]2(CO[Si](C)(C)C(C)(C)C)O1.[HH].[Zn]. The Kier molecular flexibility index (Phi) is 31.3. The normalized spacial score (nSPS) is 26.5. The van der Waals surface area contributed by atoms with Gasteiger partial charge in [-0.1, -0.05) is 71.8 Å². The molecule has 0 unspecified atom stereocenters. The van der Waals surface area contributed by atoms with Crippen LogP contribution in [0.4, 0.5) is 0 Å². The third kappa shape index (κ3) is 24.5. The van der Waals surface area contributed by atoms with E-state index >= 15 is 0 Å². The smallest absolute Gasteiger partial charge is 0.311 e. The van der Waals surface area contributed by atoms with Crippen molar-refractivity contribution in [1.82, 2.24) is 0 Å². The fraction of sp³-hybridized carbons (Fsp3) is 0.881. The van der Waals surface area contributed by atoms with Crippen molar-refractivity contribution in [1.29, 1.82) is 0 Å². The maximum absolute atomic E-state index is 12.1. The first-order chi connectivity index (χ1) is 34.2. The monoisotopic (exact) mass is 1240 g/mol. The van der Waals surface area contributed by atoms with Crippen LogP contribution < -0.4 is 5.73 Å². The largest absolute Gasteiger partial charge is 0.465 e. The summed E-state index contributed by atoms with van der Waals surface area (Å²) in [5.41, 5.74) is 4.87. The first-order valence-electron chi connectivity index (χ1n) is 27.9. The Labute approximate surface area is 493 Å². The van der Waals surface area contributed by atoms with E-state index in [4.69, 9.17) is 49.6 Å². The van der Waals surface area contributed by atoms with Crippen LogP contribution in [-0.4, -0.2) is 126 Å². The molecule has 446 valence electrons. The van der Waals surface area contributed by atoms with Crippen LogP contribution in [-0.2, 0) is 75.9 Å². The van der Waals surface area contributed by atoms with E-state index in [1.807, 2.05) is 48.5 Å². The minimum Gasteiger partial charge on any atom is -0.465 e. The molecule has 0 spiro atoms. The molecule has 10 atom stereocenters. The van der Waals surface area contributed by atoms with E-state index in [-0.39, 0.29) is 110 Å². The number of esters is 2. The Balaban J connectivity index is 0. The second-order valence-corrected chi connectivity index (χ2v) is 37.4. The van der Waals surface area contributed by atoms with Gasteiger partial charge in [0.15, 0.2) is 22.4 Å². The second-order valence-electron chi connectivity index (χ2n) is 27.3. The van der Waals surface area contributed by atoms with Gasteiger partial charge in [-0.25, -0.2) is 6.57 Å². The zero-order valence-corrected chi connectivity index (χ0v) is 57.8. The van der Waals surface area contributed by atoms with Crippen molar-refractivity contribution in [3.8, 4) is 0 Å². The van der Waals surface area contributed by atoms with E-state index in [1.54, 1.807) is 0 Å². The zero-order valence-electron chi connectivity index (χ0n) is 51.2. The van der Waals surface area contributed by atoms with Crippen molar-refractivity contribution in [3.05, 3.63) is 23.2 Å². The summed E-state index contributed by atoms with van der Waals surface area (Å²) in [7, 11) is -3.93. The summed E-state index contributed by atoms with van der Waals surface area (Å²) in [6, 6.07) is -0.0412. The van der Waals surface area contributed by atoms with Crippen molar-refractivity contribution >= 4 is 56.1 Å². The number of allylic oxidation sites excluding steroid dienone is 2. The van der Waals surface area contributed by atoms with E-state index in [1.165, 1.54) is 19.9 Å². The summed E-state index contributed by atoms with van der Waals surface area (Å²) < 4.78 is 50.9. The Morgan fingerprint density at radius 1 is 0.701 bits per heavy atom. The molecule has 77 heavy (non-hydrogen) atoms. The number of hydrogen-bond acceptors (Lipinski definition) is 13. The van der Waals surface area contributed by atoms with Crippen LogP contribution in [0.5, 0.6) is 0 Å². The molecule has 0 aromatic rings. The summed E-state index contributed by atoms with van der Waals surface area (Å²) in [5.74, 6) is -0.146. The van der Waals surface area contributed by atoms with Crippen LogP contribution >= 0.6 is 15.9 Å². The van der Waals surface area contributed by atoms with Crippen molar-refractivity contribution in [2.24, 2.45) is 22.5 Å². The minimum absolute atomic E-state index is 0. The van der Waals surface area contributed by atoms with E-state index in [0.29, 0.717) is 37.5 Å². The van der Waals surface area contributed by atoms with Crippen LogP contribution in [0.1, 0.15) is 197 Å². The maximum Gasteiger partial charge on any atom is 0.311 e. The van der Waals surface area contributed by atoms with Gasteiger partial charge in [-0.05, 0) is 161 Å². The number of hydrogen-bond donors (Lipinski definition) is 1. The molecule has 14 nitrogen and oxygen atoms in total. The fourth-order valence-electron chi connectivity index (χ4n) is 9.02. The predicted octanol–water partition coefficient (Wildman–Crippen LogP) is 13.9. The van der Waals surface area contributed by atoms with Crippen molar-refractivity contribution in [2.75, 3.05) is 31.8 Å². The average Bonchev–Trinajstić information content (AvgIpc) is 3.84. The molecule has 4 heterocycles. The van der Waals surface area contributed by atoms with Gasteiger partial charge in [-0.15, -0.1) is 0 Å². The molecule has 4 saturated heterocycles. The van der Waals surface area contributed by atoms with Gasteiger partial charge in [-0.3, -0.25) is 19.2 Å². The van der Waals surface area contributed by atoms with Crippen molar-refractivity contribution in [3.63, 3.8) is 0 Å². The predicted molar refractivity (Wildman–Crippen MR) is 317 cm³/mol. The topological polar surface area (TPSA) is 172 Å². The van der Waals surface area contributed by atoms with Crippen LogP contribution in [0, 0.1) is 23.3 Å². The van der Waals surface area contributed by atoms with Gasteiger partial charge in [0, 0.05) is 52.8 Å². The molecule has 18 heteroatoms. The van der Waals surface area contributed by atoms with Gasteiger partial charge in [0.2, 0.25) is 6.04 Å². The maximum atomic E-state index is 12.1. The third-order valence-electron chi connectivity index (χ3n) is 15.9. The molecule has 4 fully saturated rings. The number of ether oxygens (including phenoxy) is 6.